The third kappa shape index (κ3) is 2.72. The minimum atomic E-state index is 0.208. The SMILES string of the molecule is N#Cc1ccc(NCC2CN3CCCC3CO2)c(N)c1. The first-order valence-corrected chi connectivity index (χ1v) is 7.15. The summed E-state index contributed by atoms with van der Waals surface area (Å²) < 4.78 is 5.90. The molecule has 0 aliphatic carbocycles. The molecule has 2 aliphatic rings. The number of ether oxygens (including phenoxy) is 1. The van der Waals surface area contributed by atoms with Gasteiger partial charge in [0.2, 0.25) is 0 Å². The second-order valence-corrected chi connectivity index (χ2v) is 5.54. The number of hydrogen-bond donors (Lipinski definition) is 2. The van der Waals surface area contributed by atoms with E-state index in [1.807, 2.05) is 6.07 Å². The quantitative estimate of drug-likeness (QED) is 0.814. The summed E-state index contributed by atoms with van der Waals surface area (Å²) in [5.74, 6) is 0. The number of rotatable bonds is 3. The van der Waals surface area contributed by atoms with Crippen LogP contribution in [0.25, 0.3) is 0 Å². The highest BCUT2D eigenvalue weighted by Gasteiger charge is 2.31. The van der Waals surface area contributed by atoms with Gasteiger partial charge in [-0.15, -0.1) is 0 Å². The first-order valence-electron chi connectivity index (χ1n) is 7.15. The molecule has 3 rings (SSSR count). The summed E-state index contributed by atoms with van der Waals surface area (Å²) in [6, 6.07) is 8.04. The van der Waals surface area contributed by atoms with E-state index in [1.54, 1.807) is 12.1 Å². The van der Waals surface area contributed by atoms with Crippen molar-refractivity contribution in [1.82, 2.24) is 4.90 Å². The number of hydrogen-bond acceptors (Lipinski definition) is 5. The first kappa shape index (κ1) is 13.2. The zero-order chi connectivity index (χ0) is 13.9. The van der Waals surface area contributed by atoms with E-state index in [-0.39, 0.29) is 6.10 Å². The van der Waals surface area contributed by atoms with Crippen molar-refractivity contribution < 1.29 is 4.74 Å². The van der Waals surface area contributed by atoms with E-state index >= 15 is 0 Å². The van der Waals surface area contributed by atoms with Gasteiger partial charge in [-0.3, -0.25) is 4.90 Å². The van der Waals surface area contributed by atoms with E-state index in [1.165, 1.54) is 19.4 Å². The first-order chi connectivity index (χ1) is 9.76. The van der Waals surface area contributed by atoms with E-state index in [0.717, 1.165) is 25.4 Å². The van der Waals surface area contributed by atoms with Crippen LogP contribution in [0, 0.1) is 11.3 Å². The number of benzene rings is 1. The van der Waals surface area contributed by atoms with Gasteiger partial charge in [-0.1, -0.05) is 0 Å². The number of nitriles is 1. The Balaban J connectivity index is 1.56. The molecule has 1 aromatic rings. The summed E-state index contributed by atoms with van der Waals surface area (Å²) in [6.07, 6.45) is 2.76. The van der Waals surface area contributed by atoms with Crippen molar-refractivity contribution >= 4 is 11.4 Å². The largest absolute Gasteiger partial charge is 0.397 e. The van der Waals surface area contributed by atoms with Crippen LogP contribution in [0.15, 0.2) is 18.2 Å². The Hall–Kier alpha value is -1.77. The van der Waals surface area contributed by atoms with Crippen LogP contribution in [0.1, 0.15) is 18.4 Å². The number of nitrogens with one attached hydrogen (secondary N) is 1. The van der Waals surface area contributed by atoms with Crippen LogP contribution in [0.4, 0.5) is 11.4 Å². The average molecular weight is 272 g/mol. The molecule has 106 valence electrons. The fourth-order valence-electron chi connectivity index (χ4n) is 3.03. The fourth-order valence-corrected chi connectivity index (χ4v) is 3.03. The summed E-state index contributed by atoms with van der Waals surface area (Å²) in [5.41, 5.74) is 8.00. The smallest absolute Gasteiger partial charge is 0.0992 e. The molecule has 20 heavy (non-hydrogen) atoms. The van der Waals surface area contributed by atoms with Gasteiger partial charge in [0, 0.05) is 19.1 Å². The summed E-state index contributed by atoms with van der Waals surface area (Å²) in [4.78, 5) is 2.53. The predicted molar refractivity (Wildman–Crippen MR) is 78.4 cm³/mol. The van der Waals surface area contributed by atoms with Crippen molar-refractivity contribution in [3.8, 4) is 6.07 Å². The van der Waals surface area contributed by atoms with E-state index in [2.05, 4.69) is 16.3 Å². The molecule has 2 atom stereocenters. The summed E-state index contributed by atoms with van der Waals surface area (Å²) >= 11 is 0. The Bertz CT molecular complexity index is 525. The van der Waals surface area contributed by atoms with Gasteiger partial charge in [-0.2, -0.15) is 5.26 Å². The van der Waals surface area contributed by atoms with Crippen LogP contribution in [-0.4, -0.2) is 43.3 Å². The molecule has 5 nitrogen and oxygen atoms in total. The molecule has 1 aromatic carbocycles. The molecule has 2 fully saturated rings. The fraction of sp³-hybridized carbons (Fsp3) is 0.533. The lowest BCUT2D eigenvalue weighted by molar-refractivity contribution is -0.0415. The van der Waals surface area contributed by atoms with E-state index in [9.17, 15) is 0 Å². The van der Waals surface area contributed by atoms with E-state index in [0.29, 0.717) is 17.3 Å². The normalized spacial score (nSPS) is 25.9. The lowest BCUT2D eigenvalue weighted by atomic mass is 10.1. The van der Waals surface area contributed by atoms with Crippen molar-refractivity contribution in [2.24, 2.45) is 0 Å². The second-order valence-electron chi connectivity index (χ2n) is 5.54. The van der Waals surface area contributed by atoms with Crippen LogP contribution in [0.5, 0.6) is 0 Å². The molecule has 0 spiro atoms. The maximum Gasteiger partial charge on any atom is 0.0992 e. The molecule has 0 radical (unpaired) electrons. The van der Waals surface area contributed by atoms with Gasteiger partial charge in [-0.25, -0.2) is 0 Å². The molecule has 3 N–H and O–H groups in total. The number of morpholine rings is 1. The zero-order valence-corrected chi connectivity index (χ0v) is 11.5. The van der Waals surface area contributed by atoms with Gasteiger partial charge in [0.05, 0.1) is 35.7 Å². The van der Waals surface area contributed by atoms with Gasteiger partial charge in [0.1, 0.15) is 0 Å². The monoisotopic (exact) mass is 272 g/mol. The highest BCUT2D eigenvalue weighted by molar-refractivity contribution is 5.68. The number of nitrogens with two attached hydrogens (primary N) is 1. The number of nitrogens with zero attached hydrogens (tertiary/aromatic N) is 2. The minimum Gasteiger partial charge on any atom is -0.397 e. The lowest BCUT2D eigenvalue weighted by Crippen LogP contribution is -2.48. The summed E-state index contributed by atoms with van der Waals surface area (Å²) in [7, 11) is 0. The highest BCUT2D eigenvalue weighted by Crippen LogP contribution is 2.24. The molecule has 0 amide bonds. The zero-order valence-electron chi connectivity index (χ0n) is 11.5. The van der Waals surface area contributed by atoms with Crippen LogP contribution in [0.3, 0.4) is 0 Å². The van der Waals surface area contributed by atoms with Gasteiger partial charge in [0.25, 0.3) is 0 Å². The molecule has 0 saturated carbocycles. The van der Waals surface area contributed by atoms with Crippen LogP contribution >= 0.6 is 0 Å². The third-order valence-electron chi connectivity index (χ3n) is 4.16. The Kier molecular flexibility index (Phi) is 3.77. The van der Waals surface area contributed by atoms with Gasteiger partial charge < -0.3 is 15.8 Å². The number of anilines is 2. The molecule has 2 heterocycles. The van der Waals surface area contributed by atoms with Gasteiger partial charge in [-0.05, 0) is 37.6 Å². The standard InChI is InChI=1S/C15H20N4O/c16-7-11-3-4-15(14(17)6-11)18-8-13-9-19-5-1-2-12(19)10-20-13/h3-4,6,12-13,18H,1-2,5,8-10,17H2. The van der Waals surface area contributed by atoms with Crippen molar-refractivity contribution in [3.05, 3.63) is 23.8 Å². The highest BCUT2D eigenvalue weighted by atomic mass is 16.5. The molecule has 0 bridgehead atoms. The lowest BCUT2D eigenvalue weighted by Gasteiger charge is -2.35. The molecule has 2 aliphatic heterocycles. The maximum absolute atomic E-state index is 8.82. The Morgan fingerprint density at radius 3 is 3.20 bits per heavy atom. The minimum absolute atomic E-state index is 0.208. The predicted octanol–water partition coefficient (Wildman–Crippen LogP) is 1.42. The van der Waals surface area contributed by atoms with Crippen LogP contribution in [-0.2, 0) is 4.74 Å². The molecule has 2 unspecified atom stereocenters. The van der Waals surface area contributed by atoms with Crippen LogP contribution in [0.2, 0.25) is 0 Å². The second kappa shape index (κ2) is 5.70. The molecular weight excluding hydrogens is 252 g/mol. The third-order valence-corrected chi connectivity index (χ3v) is 4.16. The summed E-state index contributed by atoms with van der Waals surface area (Å²) in [5, 5.41) is 12.2. The topological polar surface area (TPSA) is 74.3 Å². The average Bonchev–Trinajstić information content (AvgIpc) is 2.93. The Morgan fingerprint density at radius 1 is 1.50 bits per heavy atom. The molecule has 2 saturated heterocycles. The number of nitrogen functional groups attached to an aromatic ring is 1. The summed E-state index contributed by atoms with van der Waals surface area (Å²) in [6.45, 7) is 3.78. The Morgan fingerprint density at radius 2 is 2.40 bits per heavy atom. The maximum atomic E-state index is 8.82. The van der Waals surface area contributed by atoms with Crippen molar-refractivity contribution in [3.63, 3.8) is 0 Å². The van der Waals surface area contributed by atoms with Crippen molar-refractivity contribution in [2.45, 2.75) is 25.0 Å². The molecular formula is C15H20N4O. The van der Waals surface area contributed by atoms with Crippen molar-refractivity contribution in [2.75, 3.05) is 37.3 Å². The van der Waals surface area contributed by atoms with Crippen molar-refractivity contribution in [1.29, 1.82) is 5.26 Å². The Labute approximate surface area is 119 Å². The van der Waals surface area contributed by atoms with E-state index < -0.39 is 0 Å². The number of fused-ring (bicyclic) bond motifs is 1. The molecule has 0 aromatic heterocycles. The van der Waals surface area contributed by atoms with Crippen LogP contribution < -0.4 is 11.1 Å². The van der Waals surface area contributed by atoms with Gasteiger partial charge in [0.15, 0.2) is 0 Å². The van der Waals surface area contributed by atoms with Gasteiger partial charge >= 0.3 is 0 Å². The van der Waals surface area contributed by atoms with E-state index in [4.69, 9.17) is 15.7 Å². The molecule has 5 heteroatoms.